The van der Waals surface area contributed by atoms with Crippen LogP contribution in [-0.2, 0) is 4.74 Å². The summed E-state index contributed by atoms with van der Waals surface area (Å²) >= 11 is 0. The molecule has 1 heterocycles. The Balaban J connectivity index is 1.89. The summed E-state index contributed by atoms with van der Waals surface area (Å²) in [6, 6.07) is 14.4. The molecule has 0 spiro atoms. The number of carbonyl (C=O) groups is 1. The van der Waals surface area contributed by atoms with Crippen molar-refractivity contribution in [2.75, 3.05) is 13.7 Å². The highest BCUT2D eigenvalue weighted by atomic mass is 16.5. The largest absolute Gasteiger partial charge is 0.450 e. The van der Waals surface area contributed by atoms with Gasteiger partial charge in [-0.05, 0) is 42.9 Å². The molecule has 4 nitrogen and oxygen atoms in total. The number of alkyl carbamates (subject to hydrolysis) is 1. The van der Waals surface area contributed by atoms with Crippen LogP contribution in [-0.4, -0.2) is 24.7 Å². The Morgan fingerprint density at radius 2 is 1.88 bits per heavy atom. The van der Waals surface area contributed by atoms with Gasteiger partial charge in [0.25, 0.3) is 0 Å². The normalized spacial score (nSPS) is 11.1. The van der Waals surface area contributed by atoms with Gasteiger partial charge in [-0.2, -0.15) is 0 Å². The smallest absolute Gasteiger partial charge is 0.406 e. The first-order chi connectivity index (χ1) is 11.8. The number of unbranched alkanes of at least 4 members (excludes halogenated alkanes) is 3. The van der Waals surface area contributed by atoms with Crippen LogP contribution in [0.2, 0.25) is 0 Å². The van der Waals surface area contributed by atoms with Crippen LogP contribution in [0.4, 0.5) is 4.79 Å². The van der Waals surface area contributed by atoms with Crippen LogP contribution in [0.1, 0.15) is 36.8 Å². The van der Waals surface area contributed by atoms with Crippen LogP contribution in [0.25, 0.3) is 5.57 Å². The monoisotopic (exact) mass is 324 g/mol. The molecule has 0 saturated heterocycles. The number of hydrogen-bond donors (Lipinski definition) is 1. The molecule has 2 rings (SSSR count). The lowest BCUT2D eigenvalue weighted by Gasteiger charge is -2.08. The van der Waals surface area contributed by atoms with E-state index in [0.29, 0.717) is 6.61 Å². The minimum Gasteiger partial charge on any atom is -0.450 e. The average molecular weight is 324 g/mol. The van der Waals surface area contributed by atoms with Gasteiger partial charge in [-0.15, -0.1) is 0 Å². The van der Waals surface area contributed by atoms with Crippen molar-refractivity contribution in [1.29, 1.82) is 0 Å². The summed E-state index contributed by atoms with van der Waals surface area (Å²) in [6.45, 7) is 0.470. The molecule has 0 aliphatic heterocycles. The summed E-state index contributed by atoms with van der Waals surface area (Å²) < 4.78 is 4.98. The van der Waals surface area contributed by atoms with E-state index in [1.807, 2.05) is 18.3 Å². The zero-order valence-electron chi connectivity index (χ0n) is 14.1. The fraction of sp³-hybridized carbons (Fsp3) is 0.300. The molecule has 24 heavy (non-hydrogen) atoms. The number of benzene rings is 1. The van der Waals surface area contributed by atoms with Crippen molar-refractivity contribution < 1.29 is 9.53 Å². The third kappa shape index (κ3) is 5.88. The second-order valence-corrected chi connectivity index (χ2v) is 5.46. The van der Waals surface area contributed by atoms with Crippen LogP contribution in [0.15, 0.2) is 60.9 Å². The summed E-state index contributed by atoms with van der Waals surface area (Å²) in [5.41, 5.74) is 3.55. The first-order valence-corrected chi connectivity index (χ1v) is 8.31. The number of ether oxygens (including phenoxy) is 1. The van der Waals surface area contributed by atoms with Gasteiger partial charge in [0.15, 0.2) is 0 Å². The fourth-order valence-electron chi connectivity index (χ4n) is 2.45. The van der Waals surface area contributed by atoms with E-state index in [0.717, 1.165) is 31.2 Å². The number of amides is 1. The minimum absolute atomic E-state index is 0.363. The molecular weight excluding hydrogens is 300 g/mol. The lowest BCUT2D eigenvalue weighted by molar-refractivity contribution is 0.146. The summed E-state index contributed by atoms with van der Waals surface area (Å²) in [4.78, 5) is 15.2. The van der Waals surface area contributed by atoms with Gasteiger partial charge < -0.3 is 10.1 Å². The van der Waals surface area contributed by atoms with E-state index < -0.39 is 0 Å². The predicted molar refractivity (Wildman–Crippen MR) is 96.6 cm³/mol. The van der Waals surface area contributed by atoms with Crippen molar-refractivity contribution >= 4 is 11.7 Å². The molecule has 0 aliphatic rings. The summed E-state index contributed by atoms with van der Waals surface area (Å²) in [5, 5.41) is 2.44. The predicted octanol–water partition coefficient (Wildman–Crippen LogP) is 4.43. The number of allylic oxidation sites excluding steroid dienone is 1. The van der Waals surface area contributed by atoms with E-state index in [-0.39, 0.29) is 6.09 Å². The molecule has 1 aromatic heterocycles. The highest BCUT2D eigenvalue weighted by molar-refractivity contribution is 5.79. The second-order valence-electron chi connectivity index (χ2n) is 5.46. The van der Waals surface area contributed by atoms with Gasteiger partial charge >= 0.3 is 6.09 Å². The SMILES string of the molecule is CNC(=O)OCCCCCC=C(c1ccccc1)c1cccnc1. The Morgan fingerprint density at radius 1 is 1.08 bits per heavy atom. The number of carbonyl (C=O) groups excluding carboxylic acids is 1. The van der Waals surface area contributed by atoms with Crippen molar-refractivity contribution in [3.05, 3.63) is 72.1 Å². The maximum Gasteiger partial charge on any atom is 0.406 e. The van der Waals surface area contributed by atoms with Crippen LogP contribution >= 0.6 is 0 Å². The van der Waals surface area contributed by atoms with Gasteiger partial charge in [-0.3, -0.25) is 4.98 Å². The van der Waals surface area contributed by atoms with E-state index in [4.69, 9.17) is 4.74 Å². The lowest BCUT2D eigenvalue weighted by atomic mass is 9.97. The quantitative estimate of drug-likeness (QED) is 0.731. The van der Waals surface area contributed by atoms with Gasteiger partial charge in [0.1, 0.15) is 0 Å². The van der Waals surface area contributed by atoms with Gasteiger partial charge in [-0.1, -0.05) is 42.5 Å². The molecule has 2 aromatic rings. The Hall–Kier alpha value is -2.62. The molecule has 0 atom stereocenters. The van der Waals surface area contributed by atoms with Crippen molar-refractivity contribution in [3.63, 3.8) is 0 Å². The fourth-order valence-corrected chi connectivity index (χ4v) is 2.45. The Labute approximate surface area is 143 Å². The number of rotatable bonds is 8. The zero-order chi connectivity index (χ0) is 17.0. The standard InChI is InChI=1S/C20H24N2O2/c1-21-20(23)24-15-8-3-2-7-13-19(17-10-5-4-6-11-17)18-12-9-14-22-16-18/h4-6,9-14,16H,2-3,7-8,15H2,1H3,(H,21,23). The Kier molecular flexibility index (Phi) is 7.54. The molecule has 0 saturated carbocycles. The molecule has 0 aliphatic carbocycles. The summed E-state index contributed by atoms with van der Waals surface area (Å²) in [5.74, 6) is 0. The third-order valence-electron chi connectivity index (χ3n) is 3.69. The lowest BCUT2D eigenvalue weighted by Crippen LogP contribution is -2.19. The highest BCUT2D eigenvalue weighted by Gasteiger charge is 2.04. The van der Waals surface area contributed by atoms with Crippen molar-refractivity contribution in [2.45, 2.75) is 25.7 Å². The molecule has 1 aromatic carbocycles. The first kappa shape index (κ1) is 17.7. The number of pyridine rings is 1. The molecule has 1 amide bonds. The Bertz CT molecular complexity index is 598. The van der Waals surface area contributed by atoms with E-state index in [1.165, 1.54) is 11.1 Å². The van der Waals surface area contributed by atoms with E-state index in [2.05, 4.69) is 46.7 Å². The molecule has 4 heteroatoms. The maximum absolute atomic E-state index is 11.0. The Morgan fingerprint density at radius 3 is 2.58 bits per heavy atom. The van der Waals surface area contributed by atoms with Crippen LogP contribution in [0.3, 0.4) is 0 Å². The number of nitrogens with one attached hydrogen (secondary N) is 1. The number of nitrogens with zero attached hydrogens (tertiary/aromatic N) is 1. The minimum atomic E-state index is -0.363. The van der Waals surface area contributed by atoms with E-state index >= 15 is 0 Å². The van der Waals surface area contributed by atoms with Crippen LogP contribution < -0.4 is 5.32 Å². The van der Waals surface area contributed by atoms with Crippen molar-refractivity contribution in [3.8, 4) is 0 Å². The molecule has 0 unspecified atom stereocenters. The van der Waals surface area contributed by atoms with Crippen LogP contribution in [0, 0.1) is 0 Å². The van der Waals surface area contributed by atoms with E-state index in [1.54, 1.807) is 13.2 Å². The molecular formula is C20H24N2O2. The van der Waals surface area contributed by atoms with E-state index in [9.17, 15) is 4.79 Å². The maximum atomic E-state index is 11.0. The number of hydrogen-bond acceptors (Lipinski definition) is 3. The highest BCUT2D eigenvalue weighted by Crippen LogP contribution is 2.23. The second kappa shape index (κ2) is 10.2. The molecule has 0 fully saturated rings. The topological polar surface area (TPSA) is 51.2 Å². The van der Waals surface area contributed by atoms with Gasteiger partial charge in [0, 0.05) is 25.0 Å². The number of aromatic nitrogens is 1. The third-order valence-corrected chi connectivity index (χ3v) is 3.69. The summed E-state index contributed by atoms with van der Waals surface area (Å²) in [6.07, 6.45) is 9.56. The average Bonchev–Trinajstić information content (AvgIpc) is 2.65. The van der Waals surface area contributed by atoms with Gasteiger partial charge in [0.2, 0.25) is 0 Å². The van der Waals surface area contributed by atoms with Gasteiger partial charge in [0.05, 0.1) is 6.61 Å². The zero-order valence-corrected chi connectivity index (χ0v) is 14.1. The van der Waals surface area contributed by atoms with Crippen molar-refractivity contribution in [1.82, 2.24) is 10.3 Å². The summed E-state index contributed by atoms with van der Waals surface area (Å²) in [7, 11) is 1.57. The molecule has 1 N–H and O–H groups in total. The molecule has 126 valence electrons. The van der Waals surface area contributed by atoms with Gasteiger partial charge in [-0.25, -0.2) is 4.79 Å². The molecule has 0 bridgehead atoms. The molecule has 0 radical (unpaired) electrons. The van der Waals surface area contributed by atoms with Crippen molar-refractivity contribution in [2.24, 2.45) is 0 Å². The first-order valence-electron chi connectivity index (χ1n) is 8.31. The van der Waals surface area contributed by atoms with Crippen LogP contribution in [0.5, 0.6) is 0 Å².